The van der Waals surface area contributed by atoms with Crippen LogP contribution in [-0.4, -0.2) is 50.7 Å². The van der Waals surface area contributed by atoms with Gasteiger partial charge in [0.2, 0.25) is 0 Å². The van der Waals surface area contributed by atoms with Crippen LogP contribution in [0.25, 0.3) is 0 Å². The highest BCUT2D eigenvalue weighted by Gasteiger charge is 2.07. The summed E-state index contributed by atoms with van der Waals surface area (Å²) in [6.45, 7) is 1.61. The van der Waals surface area contributed by atoms with Gasteiger partial charge < -0.3 is 9.47 Å². The van der Waals surface area contributed by atoms with Crippen molar-refractivity contribution in [2.45, 2.75) is 6.42 Å². The summed E-state index contributed by atoms with van der Waals surface area (Å²) in [5.41, 5.74) is 0. The molecule has 0 fully saturated rings. The fourth-order valence-electron chi connectivity index (χ4n) is 0.951. The first-order chi connectivity index (χ1) is 7.24. The number of esters is 1. The van der Waals surface area contributed by atoms with E-state index in [2.05, 4.69) is 9.47 Å². The molecule has 0 aromatic rings. The van der Waals surface area contributed by atoms with Crippen molar-refractivity contribution in [3.05, 3.63) is 0 Å². The molecule has 0 aliphatic heterocycles. The minimum absolute atomic E-state index is 0.194. The van der Waals surface area contributed by atoms with Crippen molar-refractivity contribution in [3.63, 3.8) is 0 Å². The molecule has 6 heteroatoms. The second kappa shape index (κ2) is 8.97. The summed E-state index contributed by atoms with van der Waals surface area (Å²) in [7, 11) is 1.31. The highest BCUT2D eigenvalue weighted by Crippen LogP contribution is 1.93. The average molecular weight is 214 g/mol. The third-order valence-corrected chi connectivity index (χ3v) is 1.75. The molecule has 0 spiro atoms. The number of hydrogen-bond acceptors (Lipinski definition) is 6. The molecule has 0 radical (unpaired) electrons. The third kappa shape index (κ3) is 7.46. The highest BCUT2D eigenvalue weighted by molar-refractivity contribution is 5.69. The van der Waals surface area contributed by atoms with Crippen molar-refractivity contribution in [1.29, 1.82) is 5.26 Å². The fourth-order valence-corrected chi connectivity index (χ4v) is 0.951. The van der Waals surface area contributed by atoms with Gasteiger partial charge in [0.15, 0.2) is 0 Å². The molecule has 0 aliphatic carbocycles. The lowest BCUT2D eigenvalue weighted by Gasteiger charge is -2.17. The third-order valence-electron chi connectivity index (χ3n) is 1.75. The lowest BCUT2D eigenvalue weighted by Crippen LogP contribution is -2.30. The minimum atomic E-state index is -0.325. The summed E-state index contributed by atoms with van der Waals surface area (Å²) < 4.78 is 8.96. The highest BCUT2D eigenvalue weighted by atomic mass is 16.5. The Morgan fingerprint density at radius 2 is 2.27 bits per heavy atom. The summed E-state index contributed by atoms with van der Waals surface area (Å²) in [6.07, 6.45) is 0.221. The maximum atomic E-state index is 10.8. The van der Waals surface area contributed by atoms with E-state index >= 15 is 0 Å². The van der Waals surface area contributed by atoms with Crippen LogP contribution in [0.3, 0.4) is 0 Å². The monoisotopic (exact) mass is 214 g/mol. The number of ether oxygens (including phenoxy) is 2. The van der Waals surface area contributed by atoms with E-state index in [9.17, 15) is 9.59 Å². The Morgan fingerprint density at radius 1 is 1.53 bits per heavy atom. The van der Waals surface area contributed by atoms with Crippen molar-refractivity contribution in [2.75, 3.05) is 33.4 Å². The van der Waals surface area contributed by atoms with Crippen LogP contribution in [0.2, 0.25) is 0 Å². The molecule has 0 saturated carbocycles. The molecule has 0 unspecified atom stereocenters. The zero-order valence-electron chi connectivity index (χ0n) is 8.64. The van der Waals surface area contributed by atoms with Crippen LogP contribution in [0.1, 0.15) is 6.42 Å². The first-order valence-corrected chi connectivity index (χ1v) is 4.46. The number of hydrogen-bond donors (Lipinski definition) is 0. The molecule has 0 atom stereocenters. The van der Waals surface area contributed by atoms with Crippen molar-refractivity contribution < 1.29 is 19.1 Å². The lowest BCUT2D eigenvalue weighted by molar-refractivity contribution is -0.141. The molecular weight excluding hydrogens is 200 g/mol. The Bertz CT molecular complexity index is 237. The number of nitriles is 1. The van der Waals surface area contributed by atoms with Crippen LogP contribution in [-0.2, 0) is 19.1 Å². The summed E-state index contributed by atoms with van der Waals surface area (Å²) in [4.78, 5) is 22.4. The molecule has 15 heavy (non-hydrogen) atoms. The number of nitrogens with zero attached hydrogens (tertiary/aromatic N) is 2. The zero-order valence-corrected chi connectivity index (χ0v) is 8.64. The van der Waals surface area contributed by atoms with E-state index in [1.165, 1.54) is 7.11 Å². The van der Waals surface area contributed by atoms with E-state index in [0.717, 1.165) is 0 Å². The topological polar surface area (TPSA) is 79.6 Å². The van der Waals surface area contributed by atoms with E-state index in [0.29, 0.717) is 19.6 Å². The van der Waals surface area contributed by atoms with Gasteiger partial charge in [-0.3, -0.25) is 14.5 Å². The van der Waals surface area contributed by atoms with E-state index in [4.69, 9.17) is 5.26 Å². The smallest absolute Gasteiger partial charge is 0.306 e. The second-order valence-electron chi connectivity index (χ2n) is 2.73. The van der Waals surface area contributed by atoms with Crippen LogP contribution in [0.15, 0.2) is 0 Å². The Kier molecular flexibility index (Phi) is 8.00. The van der Waals surface area contributed by atoms with Crippen LogP contribution in [0.5, 0.6) is 0 Å². The van der Waals surface area contributed by atoms with E-state index in [1.54, 1.807) is 4.90 Å². The van der Waals surface area contributed by atoms with Crippen molar-refractivity contribution in [2.24, 2.45) is 0 Å². The maximum absolute atomic E-state index is 10.8. The molecule has 0 aromatic carbocycles. The minimum Gasteiger partial charge on any atom is -0.469 e. The van der Waals surface area contributed by atoms with Gasteiger partial charge in [0, 0.05) is 13.1 Å². The van der Waals surface area contributed by atoms with Crippen LogP contribution in [0, 0.1) is 11.3 Å². The van der Waals surface area contributed by atoms with Gasteiger partial charge in [-0.2, -0.15) is 5.26 Å². The molecule has 0 saturated heterocycles. The Labute approximate surface area is 88.4 Å². The molecule has 0 amide bonds. The predicted molar refractivity (Wildman–Crippen MR) is 50.7 cm³/mol. The standard InChI is InChI=1S/C9H14N2O4/c1-14-9(13)2-4-11(5-3-10)6-7-15-8-12/h8H,2,4-7H2,1H3. The molecule has 0 heterocycles. The molecule has 84 valence electrons. The average Bonchev–Trinajstić information content (AvgIpc) is 2.25. The van der Waals surface area contributed by atoms with Gasteiger partial charge in [-0.05, 0) is 0 Å². The Morgan fingerprint density at radius 3 is 2.80 bits per heavy atom. The SMILES string of the molecule is COC(=O)CCN(CC#N)CCOC=O. The van der Waals surface area contributed by atoms with Gasteiger partial charge in [0.05, 0.1) is 26.1 Å². The van der Waals surface area contributed by atoms with Gasteiger partial charge in [0.1, 0.15) is 6.61 Å². The Hall–Kier alpha value is -1.61. The normalized spacial score (nSPS) is 9.40. The summed E-state index contributed by atoms with van der Waals surface area (Å²) in [5, 5.41) is 8.50. The maximum Gasteiger partial charge on any atom is 0.306 e. The molecule has 6 nitrogen and oxygen atoms in total. The second-order valence-corrected chi connectivity index (χ2v) is 2.73. The lowest BCUT2D eigenvalue weighted by atomic mass is 10.3. The molecule has 0 rings (SSSR count). The van der Waals surface area contributed by atoms with Crippen molar-refractivity contribution >= 4 is 12.4 Å². The van der Waals surface area contributed by atoms with Gasteiger partial charge in [-0.15, -0.1) is 0 Å². The Balaban J connectivity index is 3.77. The van der Waals surface area contributed by atoms with Gasteiger partial charge in [0.25, 0.3) is 6.47 Å². The summed E-state index contributed by atoms with van der Waals surface area (Å²) in [6, 6.07) is 1.97. The van der Waals surface area contributed by atoms with Crippen LogP contribution < -0.4 is 0 Å². The summed E-state index contributed by atoms with van der Waals surface area (Å²) >= 11 is 0. The molecule has 0 N–H and O–H groups in total. The molecule has 0 aliphatic rings. The number of rotatable bonds is 8. The quantitative estimate of drug-likeness (QED) is 0.235. The van der Waals surface area contributed by atoms with Crippen molar-refractivity contribution in [3.8, 4) is 6.07 Å². The number of methoxy groups -OCH3 is 1. The summed E-state index contributed by atoms with van der Waals surface area (Å²) in [5.74, 6) is -0.325. The molecule has 0 aromatic heterocycles. The van der Waals surface area contributed by atoms with E-state index < -0.39 is 0 Å². The molecular formula is C9H14N2O4. The molecule has 0 bridgehead atoms. The zero-order chi connectivity index (χ0) is 11.5. The van der Waals surface area contributed by atoms with E-state index in [-0.39, 0.29) is 25.5 Å². The van der Waals surface area contributed by atoms with Crippen LogP contribution in [0.4, 0.5) is 0 Å². The fraction of sp³-hybridized carbons (Fsp3) is 0.667. The van der Waals surface area contributed by atoms with Gasteiger partial charge in [-0.25, -0.2) is 0 Å². The predicted octanol–water partition coefficient (Wildman–Crippen LogP) is -0.452. The van der Waals surface area contributed by atoms with Crippen LogP contribution >= 0.6 is 0 Å². The number of carbonyl (C=O) groups is 2. The van der Waals surface area contributed by atoms with E-state index in [1.807, 2.05) is 6.07 Å². The first kappa shape index (κ1) is 13.4. The van der Waals surface area contributed by atoms with Gasteiger partial charge >= 0.3 is 5.97 Å². The first-order valence-electron chi connectivity index (χ1n) is 4.46. The van der Waals surface area contributed by atoms with Gasteiger partial charge in [-0.1, -0.05) is 0 Å². The largest absolute Gasteiger partial charge is 0.469 e. The number of carbonyl (C=O) groups excluding carboxylic acids is 2. The van der Waals surface area contributed by atoms with Crippen molar-refractivity contribution in [1.82, 2.24) is 4.90 Å².